The Balaban J connectivity index is 1.39. The van der Waals surface area contributed by atoms with Crippen LogP contribution in [0.25, 0.3) is 6.08 Å². The molecule has 0 saturated carbocycles. The molecule has 164 valence electrons. The molecular weight excluding hydrogens is 422 g/mol. The van der Waals surface area contributed by atoms with Gasteiger partial charge in [-0.1, -0.05) is 18.2 Å². The van der Waals surface area contributed by atoms with E-state index < -0.39 is 15.9 Å². The van der Waals surface area contributed by atoms with E-state index in [1.165, 1.54) is 28.0 Å². The third-order valence-corrected chi connectivity index (χ3v) is 7.10. The first kappa shape index (κ1) is 21.3. The second kappa shape index (κ2) is 9.06. The van der Waals surface area contributed by atoms with E-state index in [2.05, 4.69) is 4.90 Å². The van der Waals surface area contributed by atoms with E-state index >= 15 is 0 Å². The SMILES string of the molecule is O=C(C=Cc1cccc(S(=O)(=O)N2CCN(Cc3ccc4c(c3)OCO4)CC2)c1)NO. The van der Waals surface area contributed by atoms with E-state index in [1.807, 2.05) is 18.2 Å². The number of carbonyl (C=O) groups excluding carboxylic acids is 1. The standard InChI is InChI=1S/C21H23N3O6S/c25-21(22-26)7-5-16-2-1-3-18(12-16)31(27,28)24-10-8-23(9-11-24)14-17-4-6-19-20(13-17)30-15-29-19/h1-7,12-13,26H,8-11,14-15H2,(H,22,25). The van der Waals surface area contributed by atoms with E-state index in [9.17, 15) is 13.2 Å². The molecule has 2 aliphatic heterocycles. The van der Waals surface area contributed by atoms with Crippen molar-refractivity contribution in [3.8, 4) is 11.5 Å². The van der Waals surface area contributed by atoms with Gasteiger partial charge in [-0.3, -0.25) is 14.9 Å². The molecule has 2 aliphatic rings. The minimum absolute atomic E-state index is 0.170. The third-order valence-electron chi connectivity index (χ3n) is 5.21. The van der Waals surface area contributed by atoms with Gasteiger partial charge in [0.2, 0.25) is 16.8 Å². The number of carbonyl (C=O) groups is 1. The van der Waals surface area contributed by atoms with Crippen LogP contribution in [0.4, 0.5) is 0 Å². The highest BCUT2D eigenvalue weighted by molar-refractivity contribution is 7.89. The van der Waals surface area contributed by atoms with Crippen LogP contribution in [0, 0.1) is 0 Å². The number of piperazine rings is 1. The van der Waals surface area contributed by atoms with Crippen LogP contribution in [-0.4, -0.2) is 61.7 Å². The summed E-state index contributed by atoms with van der Waals surface area (Å²) in [6.45, 7) is 2.95. The molecule has 0 bridgehead atoms. The van der Waals surface area contributed by atoms with Gasteiger partial charge in [-0.2, -0.15) is 4.31 Å². The summed E-state index contributed by atoms with van der Waals surface area (Å²) in [7, 11) is -3.65. The fraction of sp³-hybridized carbons (Fsp3) is 0.286. The molecule has 1 saturated heterocycles. The van der Waals surface area contributed by atoms with Crippen molar-refractivity contribution in [2.45, 2.75) is 11.4 Å². The van der Waals surface area contributed by atoms with Crippen molar-refractivity contribution in [2.24, 2.45) is 0 Å². The molecule has 2 aromatic rings. The van der Waals surface area contributed by atoms with E-state index in [4.69, 9.17) is 14.7 Å². The van der Waals surface area contributed by atoms with Crippen LogP contribution in [0.2, 0.25) is 0 Å². The van der Waals surface area contributed by atoms with Crippen LogP contribution in [0.15, 0.2) is 53.4 Å². The molecule has 10 heteroatoms. The molecule has 0 unspecified atom stereocenters. The lowest BCUT2D eigenvalue weighted by molar-refractivity contribution is -0.124. The number of ether oxygens (including phenoxy) is 2. The molecule has 0 radical (unpaired) electrons. The summed E-state index contributed by atoms with van der Waals surface area (Å²) in [6.07, 6.45) is 2.56. The number of hydrogen-bond donors (Lipinski definition) is 2. The zero-order valence-corrected chi connectivity index (χ0v) is 17.5. The molecule has 31 heavy (non-hydrogen) atoms. The molecule has 0 aromatic heterocycles. The average molecular weight is 445 g/mol. The van der Waals surface area contributed by atoms with Gasteiger partial charge in [0.15, 0.2) is 11.5 Å². The van der Waals surface area contributed by atoms with Crippen molar-refractivity contribution < 1.29 is 27.9 Å². The number of fused-ring (bicyclic) bond motifs is 1. The number of hydroxylamine groups is 1. The minimum Gasteiger partial charge on any atom is -0.454 e. The van der Waals surface area contributed by atoms with Crippen molar-refractivity contribution in [2.75, 3.05) is 33.0 Å². The van der Waals surface area contributed by atoms with Crippen molar-refractivity contribution in [1.82, 2.24) is 14.7 Å². The summed E-state index contributed by atoms with van der Waals surface area (Å²) in [5, 5.41) is 8.55. The first-order chi connectivity index (χ1) is 15.0. The van der Waals surface area contributed by atoms with Crippen molar-refractivity contribution in [3.05, 3.63) is 59.7 Å². The summed E-state index contributed by atoms with van der Waals surface area (Å²) >= 11 is 0. The second-order valence-corrected chi connectivity index (χ2v) is 9.19. The lowest BCUT2D eigenvalue weighted by atomic mass is 10.2. The summed E-state index contributed by atoms with van der Waals surface area (Å²) in [6, 6.07) is 12.2. The van der Waals surface area contributed by atoms with Crippen LogP contribution in [0.5, 0.6) is 11.5 Å². The van der Waals surface area contributed by atoms with Crippen LogP contribution < -0.4 is 15.0 Å². The van der Waals surface area contributed by atoms with E-state index in [-0.39, 0.29) is 11.7 Å². The Bertz CT molecular complexity index is 1090. The van der Waals surface area contributed by atoms with Gasteiger partial charge in [0, 0.05) is 38.8 Å². The molecule has 4 rings (SSSR count). The van der Waals surface area contributed by atoms with Gasteiger partial charge in [0.05, 0.1) is 4.90 Å². The van der Waals surface area contributed by atoms with E-state index in [1.54, 1.807) is 12.1 Å². The van der Waals surface area contributed by atoms with Gasteiger partial charge in [-0.25, -0.2) is 13.9 Å². The third kappa shape index (κ3) is 4.88. The number of nitrogens with zero attached hydrogens (tertiary/aromatic N) is 2. The molecule has 0 aliphatic carbocycles. The van der Waals surface area contributed by atoms with Gasteiger partial charge >= 0.3 is 0 Å². The van der Waals surface area contributed by atoms with Crippen LogP contribution in [-0.2, 0) is 21.4 Å². The Hall–Kier alpha value is -2.92. The maximum absolute atomic E-state index is 13.1. The van der Waals surface area contributed by atoms with E-state index in [0.717, 1.165) is 23.1 Å². The quantitative estimate of drug-likeness (QED) is 0.393. The number of amides is 1. The number of hydrogen-bond acceptors (Lipinski definition) is 7. The van der Waals surface area contributed by atoms with Crippen molar-refractivity contribution in [1.29, 1.82) is 0 Å². The van der Waals surface area contributed by atoms with Gasteiger partial charge < -0.3 is 9.47 Å². The molecule has 2 aromatic carbocycles. The summed E-state index contributed by atoms with van der Waals surface area (Å²) in [5.74, 6) is 0.796. The van der Waals surface area contributed by atoms with Gasteiger partial charge in [0.25, 0.3) is 5.91 Å². The van der Waals surface area contributed by atoms with Crippen LogP contribution in [0.3, 0.4) is 0 Å². The molecule has 1 amide bonds. The highest BCUT2D eigenvalue weighted by Crippen LogP contribution is 2.33. The topological polar surface area (TPSA) is 108 Å². The second-order valence-electron chi connectivity index (χ2n) is 7.25. The predicted molar refractivity (Wildman–Crippen MR) is 112 cm³/mol. The molecule has 2 N–H and O–H groups in total. The average Bonchev–Trinajstić information content (AvgIpc) is 3.26. The largest absolute Gasteiger partial charge is 0.454 e. The molecule has 0 spiro atoms. The first-order valence-electron chi connectivity index (χ1n) is 9.79. The van der Waals surface area contributed by atoms with Gasteiger partial charge in [-0.05, 0) is 41.5 Å². The van der Waals surface area contributed by atoms with E-state index in [0.29, 0.717) is 38.3 Å². The van der Waals surface area contributed by atoms with Crippen LogP contribution in [0.1, 0.15) is 11.1 Å². The fourth-order valence-electron chi connectivity index (χ4n) is 3.56. The normalized spacial score (nSPS) is 17.2. The fourth-order valence-corrected chi connectivity index (χ4v) is 5.04. The Morgan fingerprint density at radius 1 is 1.06 bits per heavy atom. The highest BCUT2D eigenvalue weighted by Gasteiger charge is 2.28. The lowest BCUT2D eigenvalue weighted by Gasteiger charge is -2.34. The summed E-state index contributed by atoms with van der Waals surface area (Å²) < 4.78 is 38.4. The molecule has 1 fully saturated rings. The van der Waals surface area contributed by atoms with Crippen LogP contribution >= 0.6 is 0 Å². The molecular formula is C21H23N3O6S. The number of nitrogens with one attached hydrogen (secondary N) is 1. The lowest BCUT2D eigenvalue weighted by Crippen LogP contribution is -2.48. The highest BCUT2D eigenvalue weighted by atomic mass is 32.2. The van der Waals surface area contributed by atoms with Gasteiger partial charge in [-0.15, -0.1) is 0 Å². The number of sulfonamides is 1. The summed E-state index contributed by atoms with van der Waals surface area (Å²) in [4.78, 5) is 13.5. The predicted octanol–water partition coefficient (Wildman–Crippen LogP) is 1.44. The maximum Gasteiger partial charge on any atom is 0.267 e. The zero-order chi connectivity index (χ0) is 21.8. The monoisotopic (exact) mass is 445 g/mol. The smallest absolute Gasteiger partial charge is 0.267 e. The zero-order valence-electron chi connectivity index (χ0n) is 16.7. The van der Waals surface area contributed by atoms with Crippen molar-refractivity contribution >= 4 is 22.0 Å². The maximum atomic E-state index is 13.1. The number of rotatable bonds is 6. The molecule has 9 nitrogen and oxygen atoms in total. The van der Waals surface area contributed by atoms with Crippen molar-refractivity contribution in [3.63, 3.8) is 0 Å². The Labute approximate surface area is 180 Å². The minimum atomic E-state index is -3.65. The van der Waals surface area contributed by atoms with Gasteiger partial charge in [0.1, 0.15) is 0 Å². The Morgan fingerprint density at radius 2 is 1.84 bits per heavy atom. The summed E-state index contributed by atoms with van der Waals surface area (Å²) in [5.41, 5.74) is 3.13. The molecule has 0 atom stereocenters. The Morgan fingerprint density at radius 3 is 2.61 bits per heavy atom. The Kier molecular flexibility index (Phi) is 6.23. The number of benzene rings is 2. The first-order valence-corrected chi connectivity index (χ1v) is 11.2. The molecule has 2 heterocycles.